The summed E-state index contributed by atoms with van der Waals surface area (Å²) >= 11 is 1.89. The van der Waals surface area contributed by atoms with E-state index in [9.17, 15) is 0 Å². The van der Waals surface area contributed by atoms with Crippen LogP contribution in [0.5, 0.6) is 0 Å². The molecule has 0 aliphatic carbocycles. The molecule has 3 nitrogen and oxygen atoms in total. The van der Waals surface area contributed by atoms with E-state index in [-0.39, 0.29) is 11.0 Å². The number of aryl methyl sites for hydroxylation is 2. The summed E-state index contributed by atoms with van der Waals surface area (Å²) in [5.41, 5.74) is 2.74. The second-order valence-corrected chi connectivity index (χ2v) is 9.09. The highest BCUT2D eigenvalue weighted by atomic mass is 32.1. The predicted molar refractivity (Wildman–Crippen MR) is 119 cm³/mol. The lowest BCUT2D eigenvalue weighted by Gasteiger charge is -2.38. The molecular weight excluding hydrogens is 352 g/mol. The lowest BCUT2D eigenvalue weighted by atomic mass is 9.82. The monoisotopic (exact) mass is 388 g/mol. The molecule has 1 unspecified atom stereocenters. The van der Waals surface area contributed by atoms with Gasteiger partial charge in [0.15, 0.2) is 0 Å². The number of hydrogen-bond acceptors (Lipinski definition) is 4. The van der Waals surface area contributed by atoms with E-state index < -0.39 is 0 Å². The number of thiophene rings is 1. The largest absolute Gasteiger partial charge is 0.381 e. The van der Waals surface area contributed by atoms with Gasteiger partial charge in [-0.2, -0.15) is 0 Å². The van der Waals surface area contributed by atoms with Gasteiger partial charge in [0.2, 0.25) is 0 Å². The fraction of sp³-hybridized carbons (Fsp3) is 0.609. The molecule has 0 amide bonds. The Labute approximate surface area is 169 Å². The quantitative estimate of drug-likeness (QED) is 0.382. The molecule has 27 heavy (non-hydrogen) atoms. The number of ether oxygens (including phenoxy) is 1. The van der Waals surface area contributed by atoms with Crippen LogP contribution in [0, 0.1) is 12.3 Å². The van der Waals surface area contributed by atoms with Crippen molar-refractivity contribution in [1.82, 2.24) is 4.90 Å². The van der Waals surface area contributed by atoms with E-state index in [0.29, 0.717) is 0 Å². The fourth-order valence-corrected chi connectivity index (χ4v) is 4.87. The molecular formula is C23H36N2OS. The average Bonchev–Trinajstić information content (AvgIpc) is 3.26. The van der Waals surface area contributed by atoms with Crippen LogP contribution in [0.25, 0.3) is 0 Å². The highest BCUT2D eigenvalue weighted by molar-refractivity contribution is 7.10. The molecule has 4 heteroatoms. The Morgan fingerprint density at radius 1 is 1.48 bits per heavy atom. The van der Waals surface area contributed by atoms with Crippen molar-refractivity contribution in [2.24, 2.45) is 10.4 Å². The minimum absolute atomic E-state index is 0.0823. The Kier molecular flexibility index (Phi) is 8.02. The molecule has 0 saturated carbocycles. The predicted octanol–water partition coefficient (Wildman–Crippen LogP) is 5.66. The molecule has 1 aromatic heterocycles. The van der Waals surface area contributed by atoms with Crippen LogP contribution in [0.3, 0.4) is 0 Å². The van der Waals surface area contributed by atoms with Gasteiger partial charge >= 0.3 is 0 Å². The summed E-state index contributed by atoms with van der Waals surface area (Å²) in [6.07, 6.45) is 9.24. The van der Waals surface area contributed by atoms with Crippen molar-refractivity contribution in [1.29, 1.82) is 0 Å². The molecule has 150 valence electrons. The van der Waals surface area contributed by atoms with Crippen LogP contribution in [-0.2, 0) is 11.2 Å². The Bertz CT molecular complexity index is 674. The maximum Gasteiger partial charge on any atom is 0.0535 e. The molecule has 0 spiro atoms. The molecule has 1 atom stereocenters. The number of nitrogens with zero attached hydrogens (tertiary/aromatic N) is 2. The standard InChI is InChI=1S/C23H36N2OS/c1-7-20(16-24-8-2)22(5,6)25-14-13-23(17-25,18-26-9-3)12-10-21-19(4)11-15-27-21/h7-8,11,15-16H,1,9-10,12-14,17-18H2,2-6H3/b20-16+,24-8-. The Morgan fingerprint density at radius 2 is 2.26 bits per heavy atom. The molecule has 1 aromatic rings. The van der Waals surface area contributed by atoms with E-state index in [1.807, 2.05) is 36.8 Å². The van der Waals surface area contributed by atoms with Crippen molar-refractivity contribution in [3.05, 3.63) is 46.3 Å². The first kappa shape index (κ1) is 22.1. The third-order valence-corrected chi connectivity index (χ3v) is 7.06. The SMILES string of the molecule is C=C/C(=C\N=C/C)C(C)(C)N1CCC(CCc2sccc2C)(COCC)C1. The van der Waals surface area contributed by atoms with Gasteiger partial charge in [0.25, 0.3) is 0 Å². The van der Waals surface area contributed by atoms with Crippen LogP contribution in [0.15, 0.2) is 40.9 Å². The van der Waals surface area contributed by atoms with Gasteiger partial charge < -0.3 is 4.74 Å². The van der Waals surface area contributed by atoms with Gasteiger partial charge in [-0.1, -0.05) is 12.7 Å². The molecule has 0 bridgehead atoms. The summed E-state index contributed by atoms with van der Waals surface area (Å²) in [6, 6.07) is 2.23. The van der Waals surface area contributed by atoms with Crippen LogP contribution >= 0.6 is 11.3 Å². The van der Waals surface area contributed by atoms with Gasteiger partial charge in [0, 0.05) is 41.4 Å². The maximum atomic E-state index is 5.95. The fourth-order valence-electron chi connectivity index (χ4n) is 3.96. The van der Waals surface area contributed by atoms with E-state index in [2.05, 4.69) is 55.6 Å². The number of rotatable bonds is 10. The van der Waals surface area contributed by atoms with Crippen LogP contribution in [0.1, 0.15) is 51.0 Å². The van der Waals surface area contributed by atoms with E-state index in [0.717, 1.165) is 32.7 Å². The van der Waals surface area contributed by atoms with Gasteiger partial charge in [-0.3, -0.25) is 9.89 Å². The second kappa shape index (κ2) is 9.81. The summed E-state index contributed by atoms with van der Waals surface area (Å²) in [5, 5.41) is 2.21. The van der Waals surface area contributed by atoms with Crippen molar-refractivity contribution in [2.45, 2.75) is 59.4 Å². The minimum Gasteiger partial charge on any atom is -0.381 e. The van der Waals surface area contributed by atoms with Crippen LogP contribution in [0.4, 0.5) is 0 Å². The summed E-state index contributed by atoms with van der Waals surface area (Å²) < 4.78 is 5.95. The molecule has 0 radical (unpaired) electrons. The summed E-state index contributed by atoms with van der Waals surface area (Å²) in [4.78, 5) is 8.45. The molecule has 1 fully saturated rings. The smallest absolute Gasteiger partial charge is 0.0535 e. The summed E-state index contributed by atoms with van der Waals surface area (Å²) in [7, 11) is 0. The zero-order chi connectivity index (χ0) is 19.9. The molecule has 0 aromatic carbocycles. The van der Waals surface area contributed by atoms with E-state index in [1.165, 1.54) is 28.9 Å². The Morgan fingerprint density at radius 3 is 2.85 bits per heavy atom. The van der Waals surface area contributed by atoms with Crippen molar-refractivity contribution >= 4 is 17.6 Å². The average molecular weight is 389 g/mol. The van der Waals surface area contributed by atoms with Crippen LogP contribution in [0.2, 0.25) is 0 Å². The maximum absolute atomic E-state index is 5.95. The highest BCUT2D eigenvalue weighted by Crippen LogP contribution is 2.41. The van der Waals surface area contributed by atoms with E-state index >= 15 is 0 Å². The van der Waals surface area contributed by atoms with Crippen LogP contribution in [-0.4, -0.2) is 43.0 Å². The topological polar surface area (TPSA) is 24.8 Å². The summed E-state index contributed by atoms with van der Waals surface area (Å²) in [5.74, 6) is 0. The summed E-state index contributed by atoms with van der Waals surface area (Å²) in [6.45, 7) is 18.6. The number of likely N-dealkylation sites (tertiary alicyclic amines) is 1. The van der Waals surface area contributed by atoms with Crippen molar-refractivity contribution in [3.8, 4) is 0 Å². The highest BCUT2D eigenvalue weighted by Gasteiger charge is 2.43. The zero-order valence-electron chi connectivity index (χ0n) is 17.8. The van der Waals surface area contributed by atoms with Gasteiger partial charge in [0.05, 0.1) is 6.61 Å². The van der Waals surface area contributed by atoms with Crippen LogP contribution < -0.4 is 0 Å². The molecule has 1 aliphatic rings. The number of hydrogen-bond donors (Lipinski definition) is 0. The molecule has 2 rings (SSSR count). The number of aliphatic imine (C=N–C) groups is 1. The third-order valence-electron chi connectivity index (χ3n) is 5.98. The van der Waals surface area contributed by atoms with Gasteiger partial charge in [-0.15, -0.1) is 11.3 Å². The molecule has 1 saturated heterocycles. The van der Waals surface area contributed by atoms with Gasteiger partial charge in [-0.25, -0.2) is 0 Å². The van der Waals surface area contributed by atoms with Crippen molar-refractivity contribution < 1.29 is 4.74 Å². The lowest BCUT2D eigenvalue weighted by molar-refractivity contribution is 0.0429. The minimum atomic E-state index is -0.0823. The molecule has 2 heterocycles. The van der Waals surface area contributed by atoms with Crippen molar-refractivity contribution in [2.75, 3.05) is 26.3 Å². The first-order chi connectivity index (χ1) is 12.9. The van der Waals surface area contributed by atoms with Gasteiger partial charge in [-0.05, 0) is 83.0 Å². The van der Waals surface area contributed by atoms with Gasteiger partial charge in [0.1, 0.15) is 0 Å². The molecule has 0 N–H and O–H groups in total. The lowest BCUT2D eigenvalue weighted by Crippen LogP contribution is -2.45. The first-order valence-electron chi connectivity index (χ1n) is 10.0. The Balaban J connectivity index is 2.16. The third kappa shape index (κ3) is 5.40. The van der Waals surface area contributed by atoms with E-state index in [4.69, 9.17) is 4.74 Å². The second-order valence-electron chi connectivity index (χ2n) is 8.09. The molecule has 1 aliphatic heterocycles. The zero-order valence-corrected chi connectivity index (χ0v) is 18.6. The van der Waals surface area contributed by atoms with E-state index in [1.54, 1.807) is 0 Å². The normalized spacial score (nSPS) is 22.0. The van der Waals surface area contributed by atoms with Crippen molar-refractivity contribution in [3.63, 3.8) is 0 Å². The first-order valence-corrected chi connectivity index (χ1v) is 10.9. The Hall–Kier alpha value is -1.23.